The van der Waals surface area contributed by atoms with E-state index in [2.05, 4.69) is 10.3 Å². The highest BCUT2D eigenvalue weighted by molar-refractivity contribution is 6.41. The molecular formula is C13H16Cl2N2O4. The fourth-order valence-electron chi connectivity index (χ4n) is 1.50. The number of carboxylic acids is 1. The van der Waals surface area contributed by atoms with Crippen molar-refractivity contribution in [3.63, 3.8) is 0 Å². The Kier molecular flexibility index (Phi) is 5.80. The minimum Gasteiger partial charge on any atom is -0.481 e. The first-order valence-corrected chi connectivity index (χ1v) is 6.86. The Morgan fingerprint density at radius 3 is 2.52 bits per heavy atom. The maximum Gasteiger partial charge on any atom is 0.408 e. The van der Waals surface area contributed by atoms with E-state index in [9.17, 15) is 9.59 Å². The number of pyridine rings is 1. The molecule has 0 saturated heterocycles. The molecule has 0 bridgehead atoms. The Morgan fingerprint density at radius 2 is 2.05 bits per heavy atom. The average molecular weight is 335 g/mol. The van der Waals surface area contributed by atoms with E-state index < -0.39 is 23.7 Å². The van der Waals surface area contributed by atoms with E-state index in [1.807, 2.05) is 0 Å². The molecule has 8 heteroatoms. The molecular weight excluding hydrogens is 319 g/mol. The summed E-state index contributed by atoms with van der Waals surface area (Å²) >= 11 is 11.6. The summed E-state index contributed by atoms with van der Waals surface area (Å²) in [6.45, 7) is 5.12. The van der Waals surface area contributed by atoms with Crippen LogP contribution in [0.5, 0.6) is 0 Å². The van der Waals surface area contributed by atoms with Crippen LogP contribution in [0.15, 0.2) is 12.3 Å². The van der Waals surface area contributed by atoms with Crippen molar-refractivity contribution in [1.82, 2.24) is 10.3 Å². The minimum atomic E-state index is -1.08. The Labute approximate surface area is 132 Å². The lowest BCUT2D eigenvalue weighted by atomic mass is 10.1. The van der Waals surface area contributed by atoms with Crippen molar-refractivity contribution in [2.75, 3.05) is 0 Å². The SMILES string of the molecule is CC(C)(C)OC(=O)NC(CC(=O)O)c1cnc(Cl)c(Cl)c1. The summed E-state index contributed by atoms with van der Waals surface area (Å²) in [6.07, 6.45) is 0.303. The normalized spacial score (nSPS) is 12.6. The van der Waals surface area contributed by atoms with Crippen molar-refractivity contribution in [1.29, 1.82) is 0 Å². The van der Waals surface area contributed by atoms with E-state index in [1.54, 1.807) is 20.8 Å². The van der Waals surface area contributed by atoms with Gasteiger partial charge in [-0.25, -0.2) is 9.78 Å². The maximum atomic E-state index is 11.8. The second-order valence-electron chi connectivity index (χ2n) is 5.34. The number of carbonyl (C=O) groups is 2. The fraction of sp³-hybridized carbons (Fsp3) is 0.462. The molecule has 1 aromatic rings. The first-order valence-electron chi connectivity index (χ1n) is 6.11. The highest BCUT2D eigenvalue weighted by atomic mass is 35.5. The van der Waals surface area contributed by atoms with Gasteiger partial charge in [-0.2, -0.15) is 0 Å². The minimum absolute atomic E-state index is 0.103. The predicted octanol–water partition coefficient (Wildman–Crippen LogP) is 3.43. The van der Waals surface area contributed by atoms with Crippen molar-refractivity contribution >= 4 is 35.3 Å². The molecule has 0 spiro atoms. The van der Waals surface area contributed by atoms with Gasteiger partial charge in [0.05, 0.1) is 17.5 Å². The standard InChI is InChI=1S/C13H16Cl2N2O4/c1-13(2,3)21-12(20)17-9(5-10(18)19)7-4-8(14)11(15)16-6-7/h4,6,9H,5H2,1-3H3,(H,17,20)(H,18,19). The molecule has 1 heterocycles. The van der Waals surface area contributed by atoms with Crippen LogP contribution in [0.25, 0.3) is 0 Å². The highest BCUT2D eigenvalue weighted by Crippen LogP contribution is 2.25. The molecule has 0 aliphatic rings. The number of hydrogen-bond donors (Lipinski definition) is 2. The number of halogens is 2. The Morgan fingerprint density at radius 1 is 1.43 bits per heavy atom. The van der Waals surface area contributed by atoms with Crippen LogP contribution >= 0.6 is 23.2 Å². The first-order chi connectivity index (χ1) is 9.58. The smallest absolute Gasteiger partial charge is 0.408 e. The molecule has 2 N–H and O–H groups in total. The summed E-state index contributed by atoms with van der Waals surface area (Å²) < 4.78 is 5.10. The number of nitrogens with one attached hydrogen (secondary N) is 1. The van der Waals surface area contributed by atoms with Crippen LogP contribution in [0.3, 0.4) is 0 Å². The Hall–Kier alpha value is -1.53. The van der Waals surface area contributed by atoms with E-state index in [4.69, 9.17) is 33.0 Å². The molecule has 1 atom stereocenters. The molecule has 0 fully saturated rings. The Balaban J connectivity index is 2.92. The van der Waals surface area contributed by atoms with Gasteiger partial charge in [0.1, 0.15) is 10.8 Å². The molecule has 1 aromatic heterocycles. The quantitative estimate of drug-likeness (QED) is 0.823. The summed E-state index contributed by atoms with van der Waals surface area (Å²) in [5.74, 6) is -1.08. The number of carboxylic acid groups (broad SMARTS) is 1. The van der Waals surface area contributed by atoms with Crippen molar-refractivity contribution in [2.45, 2.75) is 38.8 Å². The largest absolute Gasteiger partial charge is 0.481 e. The number of alkyl carbamates (subject to hydrolysis) is 1. The van der Waals surface area contributed by atoms with Gasteiger partial charge in [0.25, 0.3) is 0 Å². The van der Waals surface area contributed by atoms with Crippen molar-refractivity contribution in [3.05, 3.63) is 28.0 Å². The number of nitrogens with zero attached hydrogens (tertiary/aromatic N) is 1. The summed E-state index contributed by atoms with van der Waals surface area (Å²) in [6, 6.07) is 0.640. The van der Waals surface area contributed by atoms with Gasteiger partial charge in [-0.15, -0.1) is 0 Å². The molecule has 116 valence electrons. The lowest BCUT2D eigenvalue weighted by Crippen LogP contribution is -2.35. The zero-order valence-corrected chi connectivity index (χ0v) is 13.3. The summed E-state index contributed by atoms with van der Waals surface area (Å²) in [5.41, 5.74) is -0.258. The second kappa shape index (κ2) is 6.95. The molecule has 0 aliphatic carbocycles. The van der Waals surface area contributed by atoms with Gasteiger partial charge in [-0.1, -0.05) is 23.2 Å². The topological polar surface area (TPSA) is 88.5 Å². The number of ether oxygens (including phenoxy) is 1. The summed E-state index contributed by atoms with van der Waals surface area (Å²) in [4.78, 5) is 26.5. The van der Waals surface area contributed by atoms with Crippen LogP contribution in [0.1, 0.15) is 38.8 Å². The molecule has 21 heavy (non-hydrogen) atoms. The molecule has 0 aliphatic heterocycles. The van der Waals surface area contributed by atoms with Crippen LogP contribution in [0.4, 0.5) is 4.79 Å². The van der Waals surface area contributed by atoms with Crippen LogP contribution in [0.2, 0.25) is 10.2 Å². The third-order valence-corrected chi connectivity index (χ3v) is 2.98. The predicted molar refractivity (Wildman–Crippen MR) is 78.6 cm³/mol. The molecule has 0 saturated carbocycles. The van der Waals surface area contributed by atoms with Crippen molar-refractivity contribution in [2.24, 2.45) is 0 Å². The van der Waals surface area contributed by atoms with E-state index in [0.717, 1.165) is 0 Å². The van der Waals surface area contributed by atoms with Crippen molar-refractivity contribution < 1.29 is 19.4 Å². The number of hydrogen-bond acceptors (Lipinski definition) is 4. The number of amides is 1. The zero-order chi connectivity index (χ0) is 16.2. The highest BCUT2D eigenvalue weighted by Gasteiger charge is 2.23. The van der Waals surface area contributed by atoms with E-state index in [1.165, 1.54) is 12.3 Å². The molecule has 0 aromatic carbocycles. The lowest BCUT2D eigenvalue weighted by Gasteiger charge is -2.23. The molecule has 0 radical (unpaired) electrons. The van der Waals surface area contributed by atoms with Gasteiger partial charge in [0, 0.05) is 6.20 Å². The first kappa shape index (κ1) is 17.5. The van der Waals surface area contributed by atoms with Gasteiger partial charge < -0.3 is 15.2 Å². The van der Waals surface area contributed by atoms with Crippen LogP contribution < -0.4 is 5.32 Å². The van der Waals surface area contributed by atoms with Gasteiger partial charge in [0.2, 0.25) is 0 Å². The number of rotatable bonds is 4. The average Bonchev–Trinajstić information content (AvgIpc) is 2.28. The number of aliphatic carboxylic acids is 1. The summed E-state index contributed by atoms with van der Waals surface area (Å²) in [7, 11) is 0. The van der Waals surface area contributed by atoms with Crippen molar-refractivity contribution in [3.8, 4) is 0 Å². The maximum absolute atomic E-state index is 11.8. The molecule has 1 rings (SSSR count). The van der Waals surface area contributed by atoms with E-state index >= 15 is 0 Å². The van der Waals surface area contributed by atoms with Crippen LogP contribution in [-0.2, 0) is 9.53 Å². The summed E-state index contributed by atoms with van der Waals surface area (Å²) in [5, 5.41) is 11.7. The fourth-order valence-corrected chi connectivity index (χ4v) is 1.78. The van der Waals surface area contributed by atoms with Gasteiger partial charge in [-0.05, 0) is 32.4 Å². The zero-order valence-electron chi connectivity index (χ0n) is 11.8. The lowest BCUT2D eigenvalue weighted by molar-refractivity contribution is -0.137. The van der Waals surface area contributed by atoms with Gasteiger partial charge in [0.15, 0.2) is 0 Å². The van der Waals surface area contributed by atoms with Crippen LogP contribution in [0, 0.1) is 0 Å². The number of carbonyl (C=O) groups excluding carboxylic acids is 1. The molecule has 6 nitrogen and oxygen atoms in total. The molecule has 1 unspecified atom stereocenters. The third-order valence-electron chi connectivity index (χ3n) is 2.29. The molecule has 1 amide bonds. The van der Waals surface area contributed by atoms with Gasteiger partial charge in [-0.3, -0.25) is 4.79 Å². The number of aromatic nitrogens is 1. The van der Waals surface area contributed by atoms with E-state index in [0.29, 0.717) is 5.56 Å². The third kappa shape index (κ3) is 6.18. The van der Waals surface area contributed by atoms with Crippen LogP contribution in [-0.4, -0.2) is 27.8 Å². The Bertz CT molecular complexity index is 543. The second-order valence-corrected chi connectivity index (χ2v) is 6.10. The monoisotopic (exact) mass is 334 g/mol. The van der Waals surface area contributed by atoms with Gasteiger partial charge >= 0.3 is 12.1 Å². The van der Waals surface area contributed by atoms with E-state index in [-0.39, 0.29) is 16.6 Å².